The lowest BCUT2D eigenvalue weighted by Gasteiger charge is -2.24. The molecule has 1 aliphatic rings. The number of hydrogen-bond donors (Lipinski definition) is 2. The van der Waals surface area contributed by atoms with Crippen LogP contribution in [0.25, 0.3) is 11.1 Å². The molecular weight excluding hydrogens is 442 g/mol. The first-order chi connectivity index (χ1) is 15.7. The van der Waals surface area contributed by atoms with Crippen molar-refractivity contribution < 1.29 is 32.3 Å². The number of aryl methyl sites for hydroxylation is 1. The number of aliphatic hydroxyl groups excluding tert-OH is 1. The Hall–Kier alpha value is -3.79. The summed E-state index contributed by atoms with van der Waals surface area (Å²) in [5.41, 5.74) is -0.0654. The molecule has 10 heteroatoms. The molecule has 3 aromatic rings. The van der Waals surface area contributed by atoms with E-state index in [-0.39, 0.29) is 39.3 Å². The molecule has 0 radical (unpaired) electrons. The van der Waals surface area contributed by atoms with Gasteiger partial charge in [0.05, 0.1) is 11.3 Å². The van der Waals surface area contributed by atoms with E-state index in [4.69, 9.17) is 0 Å². The zero-order valence-electron chi connectivity index (χ0n) is 17.2. The number of carbonyl (C=O) groups excluding carboxylic acids is 2. The predicted molar refractivity (Wildman–Crippen MR) is 112 cm³/mol. The van der Waals surface area contributed by atoms with E-state index in [0.29, 0.717) is 0 Å². The summed E-state index contributed by atoms with van der Waals surface area (Å²) in [5, 5.41) is 13.1. The first-order valence-corrected chi connectivity index (χ1v) is 9.80. The maximum absolute atomic E-state index is 14.9. The van der Waals surface area contributed by atoms with E-state index in [1.54, 1.807) is 0 Å². The Morgan fingerprint density at radius 2 is 1.85 bits per heavy atom. The number of amides is 2. The van der Waals surface area contributed by atoms with Crippen LogP contribution in [0.4, 0.5) is 28.9 Å². The number of anilines is 2. The molecule has 0 aliphatic carbocycles. The summed E-state index contributed by atoms with van der Waals surface area (Å²) in [4.78, 5) is 30.4. The number of nitrogens with one attached hydrogen (secondary N) is 1. The molecule has 0 fully saturated rings. The average Bonchev–Trinajstić information content (AvgIpc) is 2.84. The van der Waals surface area contributed by atoms with Crippen LogP contribution in [0.2, 0.25) is 0 Å². The van der Waals surface area contributed by atoms with Crippen LogP contribution < -0.4 is 10.2 Å². The molecule has 0 bridgehead atoms. The maximum Gasteiger partial charge on any atom is 0.263 e. The van der Waals surface area contributed by atoms with Crippen molar-refractivity contribution in [1.82, 2.24) is 4.98 Å². The Balaban J connectivity index is 1.71. The molecule has 6 nitrogen and oxygen atoms in total. The SMILES string of the molecule is Cc1cc2c(c(F)n1)-c1ccc(F)cc1C(O)C(=O)N2CC(=O)Nc1ccc(C(F)F)cc1. The minimum absolute atomic E-state index is 0.0161. The van der Waals surface area contributed by atoms with Crippen molar-refractivity contribution in [2.75, 3.05) is 16.8 Å². The maximum atomic E-state index is 14.9. The zero-order chi connectivity index (χ0) is 23.9. The van der Waals surface area contributed by atoms with Crippen LogP contribution in [-0.2, 0) is 9.59 Å². The second kappa shape index (κ2) is 8.62. The van der Waals surface area contributed by atoms with Gasteiger partial charge in [0.25, 0.3) is 12.3 Å². The lowest BCUT2D eigenvalue weighted by Crippen LogP contribution is -2.40. The number of aliphatic hydroxyl groups is 1. The highest BCUT2D eigenvalue weighted by atomic mass is 19.3. The van der Waals surface area contributed by atoms with Crippen molar-refractivity contribution in [2.24, 2.45) is 0 Å². The van der Waals surface area contributed by atoms with Crippen LogP contribution in [0.15, 0.2) is 48.5 Å². The van der Waals surface area contributed by atoms with Crippen LogP contribution in [0.1, 0.15) is 29.4 Å². The summed E-state index contributed by atoms with van der Waals surface area (Å²) in [6.45, 7) is 0.863. The van der Waals surface area contributed by atoms with E-state index in [1.165, 1.54) is 31.2 Å². The molecule has 0 saturated heterocycles. The highest BCUT2D eigenvalue weighted by molar-refractivity contribution is 6.08. The zero-order valence-corrected chi connectivity index (χ0v) is 17.2. The Morgan fingerprint density at radius 3 is 2.52 bits per heavy atom. The lowest BCUT2D eigenvalue weighted by atomic mass is 9.97. The summed E-state index contributed by atoms with van der Waals surface area (Å²) < 4.78 is 54.2. The minimum Gasteiger partial charge on any atom is -0.378 e. The van der Waals surface area contributed by atoms with Crippen LogP contribution in [0.3, 0.4) is 0 Å². The van der Waals surface area contributed by atoms with Crippen molar-refractivity contribution in [3.05, 3.63) is 77.1 Å². The second-order valence-corrected chi connectivity index (χ2v) is 7.48. The minimum atomic E-state index is -2.67. The monoisotopic (exact) mass is 459 g/mol. The van der Waals surface area contributed by atoms with Gasteiger partial charge in [-0.2, -0.15) is 4.39 Å². The van der Waals surface area contributed by atoms with Crippen molar-refractivity contribution in [3.63, 3.8) is 0 Å². The number of carbonyl (C=O) groups is 2. The summed E-state index contributed by atoms with van der Waals surface area (Å²) in [6.07, 6.45) is -4.53. The highest BCUT2D eigenvalue weighted by Gasteiger charge is 2.36. The number of alkyl halides is 2. The van der Waals surface area contributed by atoms with Gasteiger partial charge in [0, 0.05) is 22.5 Å². The molecule has 2 N–H and O–H groups in total. The van der Waals surface area contributed by atoms with Gasteiger partial charge in [-0.25, -0.2) is 18.2 Å². The van der Waals surface area contributed by atoms with Gasteiger partial charge in [-0.3, -0.25) is 14.5 Å². The number of hydrogen-bond acceptors (Lipinski definition) is 4. The van der Waals surface area contributed by atoms with Crippen molar-refractivity contribution in [2.45, 2.75) is 19.5 Å². The molecule has 4 rings (SSSR count). The summed E-state index contributed by atoms with van der Waals surface area (Å²) in [6, 6.07) is 9.44. The molecule has 1 unspecified atom stereocenters. The Morgan fingerprint density at radius 1 is 1.15 bits per heavy atom. The quantitative estimate of drug-likeness (QED) is 0.451. The second-order valence-electron chi connectivity index (χ2n) is 7.48. The molecule has 2 aromatic carbocycles. The largest absolute Gasteiger partial charge is 0.378 e. The van der Waals surface area contributed by atoms with Crippen molar-refractivity contribution in [1.29, 1.82) is 0 Å². The molecule has 1 aliphatic heterocycles. The van der Waals surface area contributed by atoms with E-state index in [9.17, 15) is 32.3 Å². The van der Waals surface area contributed by atoms with Gasteiger partial charge in [0.15, 0.2) is 6.10 Å². The fourth-order valence-electron chi connectivity index (χ4n) is 3.69. The van der Waals surface area contributed by atoms with Crippen molar-refractivity contribution in [3.8, 4) is 11.1 Å². The third-order valence-electron chi connectivity index (χ3n) is 5.20. The van der Waals surface area contributed by atoms with Gasteiger partial charge in [0.2, 0.25) is 11.9 Å². The number of rotatable bonds is 4. The van der Waals surface area contributed by atoms with Crippen LogP contribution in [-0.4, -0.2) is 28.4 Å². The first-order valence-electron chi connectivity index (χ1n) is 9.80. The van der Waals surface area contributed by atoms with E-state index in [2.05, 4.69) is 10.3 Å². The Bertz CT molecular complexity index is 1250. The summed E-state index contributed by atoms with van der Waals surface area (Å²) in [7, 11) is 0. The van der Waals surface area contributed by atoms with Gasteiger partial charge >= 0.3 is 0 Å². The number of benzene rings is 2. The number of halogens is 4. The van der Waals surface area contributed by atoms with Gasteiger partial charge in [-0.1, -0.05) is 18.2 Å². The molecule has 1 atom stereocenters. The van der Waals surface area contributed by atoms with Gasteiger partial charge in [0.1, 0.15) is 12.4 Å². The normalized spacial score (nSPS) is 15.2. The average molecular weight is 459 g/mol. The van der Waals surface area contributed by atoms with Crippen LogP contribution in [0, 0.1) is 18.7 Å². The van der Waals surface area contributed by atoms with E-state index in [0.717, 1.165) is 29.2 Å². The molecule has 33 heavy (non-hydrogen) atoms. The Kier molecular flexibility index (Phi) is 5.86. The van der Waals surface area contributed by atoms with Crippen LogP contribution in [0.5, 0.6) is 0 Å². The molecule has 2 amide bonds. The third kappa shape index (κ3) is 4.29. The molecular formula is C23H17F4N3O3. The summed E-state index contributed by atoms with van der Waals surface area (Å²) in [5.74, 6) is -3.37. The molecule has 0 saturated carbocycles. The van der Waals surface area contributed by atoms with Crippen molar-refractivity contribution >= 4 is 23.2 Å². The van der Waals surface area contributed by atoms with Gasteiger partial charge < -0.3 is 10.4 Å². The third-order valence-corrected chi connectivity index (χ3v) is 5.20. The van der Waals surface area contributed by atoms with E-state index < -0.39 is 42.7 Å². The predicted octanol–water partition coefficient (Wildman–Crippen LogP) is 4.29. The molecule has 2 heterocycles. The molecule has 0 spiro atoms. The van der Waals surface area contributed by atoms with E-state index in [1.807, 2.05) is 0 Å². The standard InChI is InChI=1S/C23H17F4N3O3/c1-11-8-17-19(22(27)28-11)15-7-4-13(24)9-16(15)20(32)23(33)30(17)10-18(31)29-14-5-2-12(3-6-14)21(25)26/h2-9,20-21,32H,10H2,1H3,(H,29,31). The fraction of sp³-hybridized carbons (Fsp3) is 0.174. The van der Waals surface area contributed by atoms with Crippen LogP contribution >= 0.6 is 0 Å². The fourth-order valence-corrected chi connectivity index (χ4v) is 3.69. The molecule has 1 aromatic heterocycles. The number of pyridine rings is 1. The van der Waals surface area contributed by atoms with E-state index >= 15 is 0 Å². The Labute approximate surface area is 185 Å². The van der Waals surface area contributed by atoms with Gasteiger partial charge in [-0.05, 0) is 42.8 Å². The number of aromatic nitrogens is 1. The molecule has 170 valence electrons. The summed E-state index contributed by atoms with van der Waals surface area (Å²) >= 11 is 0. The number of fused-ring (bicyclic) bond motifs is 3. The highest BCUT2D eigenvalue weighted by Crippen LogP contribution is 2.41. The topological polar surface area (TPSA) is 82.5 Å². The first kappa shape index (κ1) is 22.4. The lowest BCUT2D eigenvalue weighted by molar-refractivity contribution is -0.128. The number of nitrogens with zero attached hydrogens (tertiary/aromatic N) is 2. The van der Waals surface area contributed by atoms with Gasteiger partial charge in [-0.15, -0.1) is 0 Å². The smallest absolute Gasteiger partial charge is 0.263 e.